The Labute approximate surface area is 128 Å². The second-order valence-corrected chi connectivity index (χ2v) is 4.82. The summed E-state index contributed by atoms with van der Waals surface area (Å²) in [5.74, 6) is 0.814. The van der Waals surface area contributed by atoms with E-state index in [4.69, 9.17) is 21.1 Å². The van der Waals surface area contributed by atoms with Crippen molar-refractivity contribution in [2.24, 2.45) is 0 Å². The fourth-order valence-electron chi connectivity index (χ4n) is 1.81. The highest BCUT2D eigenvalue weighted by Crippen LogP contribution is 2.37. The summed E-state index contributed by atoms with van der Waals surface area (Å²) in [6.07, 6.45) is 0. The van der Waals surface area contributed by atoms with E-state index < -0.39 is 0 Å². The lowest BCUT2D eigenvalue weighted by Gasteiger charge is -2.14. The Kier molecular flexibility index (Phi) is 5.06. The van der Waals surface area contributed by atoms with Crippen LogP contribution in [0.1, 0.15) is 12.5 Å². The van der Waals surface area contributed by atoms with Gasteiger partial charge in [0.15, 0.2) is 0 Å². The molecular weight excluding hydrogens is 290 g/mol. The van der Waals surface area contributed by atoms with Crippen LogP contribution in [0.3, 0.4) is 0 Å². The fourth-order valence-corrected chi connectivity index (χ4v) is 2.02. The second kappa shape index (κ2) is 6.99. The van der Waals surface area contributed by atoms with Gasteiger partial charge in [0.1, 0.15) is 23.1 Å². The second-order valence-electron chi connectivity index (χ2n) is 4.44. The number of rotatable bonds is 5. The molecule has 2 rings (SSSR count). The quantitative estimate of drug-likeness (QED) is 0.911. The first kappa shape index (κ1) is 15.2. The van der Waals surface area contributed by atoms with Gasteiger partial charge in [0.25, 0.3) is 0 Å². The summed E-state index contributed by atoms with van der Waals surface area (Å²) in [4.78, 5) is 11.2. The van der Waals surface area contributed by atoms with E-state index in [0.717, 1.165) is 5.56 Å². The zero-order valence-electron chi connectivity index (χ0n) is 11.9. The van der Waals surface area contributed by atoms with Crippen molar-refractivity contribution < 1.29 is 14.3 Å². The molecule has 0 fully saturated rings. The van der Waals surface area contributed by atoms with E-state index in [1.54, 1.807) is 19.2 Å². The van der Waals surface area contributed by atoms with Gasteiger partial charge in [-0.2, -0.15) is 0 Å². The van der Waals surface area contributed by atoms with Crippen LogP contribution in [0.5, 0.6) is 11.5 Å². The molecule has 0 unspecified atom stereocenters. The summed E-state index contributed by atoms with van der Waals surface area (Å²) >= 11 is 6.25. The number of carbonyl (C=O) groups is 1. The van der Waals surface area contributed by atoms with Crippen molar-refractivity contribution in [3.8, 4) is 11.5 Å². The summed E-state index contributed by atoms with van der Waals surface area (Å²) in [6, 6.07) is 13.1. The maximum atomic E-state index is 11.2. The molecule has 4 nitrogen and oxygen atoms in total. The van der Waals surface area contributed by atoms with Gasteiger partial charge in [-0.15, -0.1) is 0 Å². The van der Waals surface area contributed by atoms with E-state index in [9.17, 15) is 4.79 Å². The normalized spacial score (nSPS) is 10.0. The molecule has 1 amide bonds. The van der Waals surface area contributed by atoms with Gasteiger partial charge < -0.3 is 14.8 Å². The Balaban J connectivity index is 2.23. The maximum Gasteiger partial charge on any atom is 0.221 e. The third-order valence-electron chi connectivity index (χ3n) is 2.80. The molecule has 0 aliphatic rings. The minimum atomic E-state index is -0.209. The Bertz CT molecular complexity index is 629. The molecule has 0 aliphatic carbocycles. The first-order valence-corrected chi connectivity index (χ1v) is 6.80. The smallest absolute Gasteiger partial charge is 0.221 e. The van der Waals surface area contributed by atoms with Crippen molar-refractivity contribution in [1.82, 2.24) is 0 Å². The summed E-state index contributed by atoms with van der Waals surface area (Å²) in [5.41, 5.74) is 1.49. The summed E-state index contributed by atoms with van der Waals surface area (Å²) in [7, 11) is 1.54. The SMILES string of the molecule is COc1cc(NC(C)=O)c(Cl)c(OCc2ccccc2)c1. The van der Waals surface area contributed by atoms with E-state index in [2.05, 4.69) is 5.32 Å². The molecule has 5 heteroatoms. The van der Waals surface area contributed by atoms with Crippen LogP contribution in [-0.2, 0) is 11.4 Å². The van der Waals surface area contributed by atoms with Crippen molar-refractivity contribution in [1.29, 1.82) is 0 Å². The predicted octanol–water partition coefficient (Wildman–Crippen LogP) is 3.89. The number of nitrogens with one attached hydrogen (secondary N) is 1. The average molecular weight is 306 g/mol. The number of hydrogen-bond donors (Lipinski definition) is 1. The van der Waals surface area contributed by atoms with E-state index in [1.165, 1.54) is 6.92 Å². The highest BCUT2D eigenvalue weighted by molar-refractivity contribution is 6.35. The van der Waals surface area contributed by atoms with Crippen molar-refractivity contribution >= 4 is 23.2 Å². The van der Waals surface area contributed by atoms with Crippen LogP contribution < -0.4 is 14.8 Å². The highest BCUT2D eigenvalue weighted by atomic mass is 35.5. The maximum absolute atomic E-state index is 11.2. The molecule has 1 N–H and O–H groups in total. The van der Waals surface area contributed by atoms with E-state index in [1.807, 2.05) is 30.3 Å². The molecule has 110 valence electrons. The lowest BCUT2D eigenvalue weighted by atomic mass is 10.2. The van der Waals surface area contributed by atoms with Crippen LogP contribution in [0.2, 0.25) is 5.02 Å². The van der Waals surface area contributed by atoms with Crippen molar-refractivity contribution in [3.63, 3.8) is 0 Å². The molecular formula is C16H16ClNO3. The van der Waals surface area contributed by atoms with Gasteiger partial charge in [0.05, 0.1) is 12.8 Å². The van der Waals surface area contributed by atoms with Crippen LogP contribution in [0, 0.1) is 0 Å². The van der Waals surface area contributed by atoms with Gasteiger partial charge in [0, 0.05) is 19.1 Å². The molecule has 0 heterocycles. The Morgan fingerprint density at radius 2 is 1.95 bits per heavy atom. The Morgan fingerprint density at radius 1 is 1.24 bits per heavy atom. The molecule has 0 atom stereocenters. The molecule has 0 bridgehead atoms. The van der Waals surface area contributed by atoms with Gasteiger partial charge in [-0.25, -0.2) is 0 Å². The molecule has 0 aromatic heterocycles. The third kappa shape index (κ3) is 4.13. The third-order valence-corrected chi connectivity index (χ3v) is 3.19. The van der Waals surface area contributed by atoms with E-state index in [0.29, 0.717) is 28.8 Å². The number of benzene rings is 2. The molecule has 21 heavy (non-hydrogen) atoms. The summed E-state index contributed by atoms with van der Waals surface area (Å²) in [6.45, 7) is 1.80. The minimum Gasteiger partial charge on any atom is -0.497 e. The van der Waals surface area contributed by atoms with Gasteiger partial charge in [-0.05, 0) is 5.56 Å². The summed E-state index contributed by atoms with van der Waals surface area (Å²) in [5, 5.41) is 3.00. The van der Waals surface area contributed by atoms with Gasteiger partial charge in [-0.1, -0.05) is 41.9 Å². The lowest BCUT2D eigenvalue weighted by Crippen LogP contribution is -2.07. The largest absolute Gasteiger partial charge is 0.497 e. The summed E-state index contributed by atoms with van der Waals surface area (Å²) < 4.78 is 10.9. The molecule has 0 saturated carbocycles. The first-order chi connectivity index (χ1) is 10.1. The number of carbonyl (C=O) groups excluding carboxylic acids is 1. The zero-order chi connectivity index (χ0) is 15.2. The predicted molar refractivity (Wildman–Crippen MR) is 83.1 cm³/mol. The minimum absolute atomic E-state index is 0.209. The fraction of sp³-hybridized carbons (Fsp3) is 0.188. The topological polar surface area (TPSA) is 47.6 Å². The molecule has 0 spiro atoms. The molecule has 0 aliphatic heterocycles. The molecule has 0 saturated heterocycles. The van der Waals surface area contributed by atoms with Crippen molar-refractivity contribution in [2.75, 3.05) is 12.4 Å². The van der Waals surface area contributed by atoms with Crippen molar-refractivity contribution in [3.05, 3.63) is 53.1 Å². The number of amides is 1. The number of ether oxygens (including phenoxy) is 2. The first-order valence-electron chi connectivity index (χ1n) is 6.42. The van der Waals surface area contributed by atoms with Crippen LogP contribution in [0.15, 0.2) is 42.5 Å². The molecule has 2 aromatic carbocycles. The van der Waals surface area contributed by atoms with Gasteiger partial charge >= 0.3 is 0 Å². The average Bonchev–Trinajstić information content (AvgIpc) is 2.48. The monoisotopic (exact) mass is 305 g/mol. The Morgan fingerprint density at radius 3 is 2.57 bits per heavy atom. The van der Waals surface area contributed by atoms with E-state index >= 15 is 0 Å². The zero-order valence-corrected chi connectivity index (χ0v) is 12.6. The molecule has 0 radical (unpaired) electrons. The number of methoxy groups -OCH3 is 1. The number of hydrogen-bond acceptors (Lipinski definition) is 3. The highest BCUT2D eigenvalue weighted by Gasteiger charge is 2.12. The molecule has 2 aromatic rings. The standard InChI is InChI=1S/C16H16ClNO3/c1-11(19)18-14-8-13(20-2)9-15(16(14)17)21-10-12-6-4-3-5-7-12/h3-9H,10H2,1-2H3,(H,18,19). The van der Waals surface area contributed by atoms with Crippen LogP contribution in [0.4, 0.5) is 5.69 Å². The number of halogens is 1. The lowest BCUT2D eigenvalue weighted by molar-refractivity contribution is -0.114. The van der Waals surface area contributed by atoms with Crippen LogP contribution in [-0.4, -0.2) is 13.0 Å². The van der Waals surface area contributed by atoms with E-state index in [-0.39, 0.29) is 5.91 Å². The van der Waals surface area contributed by atoms with Crippen LogP contribution in [0.25, 0.3) is 0 Å². The number of anilines is 1. The van der Waals surface area contributed by atoms with Gasteiger partial charge in [0.2, 0.25) is 5.91 Å². The van der Waals surface area contributed by atoms with Crippen molar-refractivity contribution in [2.45, 2.75) is 13.5 Å². The van der Waals surface area contributed by atoms with Crippen LogP contribution >= 0.6 is 11.6 Å². The van der Waals surface area contributed by atoms with Gasteiger partial charge in [-0.3, -0.25) is 4.79 Å². The Hall–Kier alpha value is -2.20.